The van der Waals surface area contributed by atoms with Gasteiger partial charge in [0.2, 0.25) is 11.8 Å². The number of nitrogens with zero attached hydrogens (tertiary/aromatic N) is 2. The van der Waals surface area contributed by atoms with E-state index < -0.39 is 34.3 Å². The summed E-state index contributed by atoms with van der Waals surface area (Å²) in [7, 11) is -4.22. The van der Waals surface area contributed by atoms with E-state index in [2.05, 4.69) is 5.32 Å². The van der Waals surface area contributed by atoms with Gasteiger partial charge < -0.3 is 10.2 Å². The van der Waals surface area contributed by atoms with E-state index in [9.17, 15) is 22.4 Å². The van der Waals surface area contributed by atoms with Gasteiger partial charge in [-0.3, -0.25) is 13.9 Å². The van der Waals surface area contributed by atoms with Crippen molar-refractivity contribution in [1.29, 1.82) is 0 Å². The van der Waals surface area contributed by atoms with Gasteiger partial charge in [-0.1, -0.05) is 91.2 Å². The monoisotopic (exact) mass is 647 g/mol. The van der Waals surface area contributed by atoms with Crippen LogP contribution in [0.15, 0.2) is 114 Å². The van der Waals surface area contributed by atoms with Crippen LogP contribution in [-0.2, 0) is 32.6 Å². The molecule has 1 aliphatic rings. The van der Waals surface area contributed by atoms with Gasteiger partial charge >= 0.3 is 0 Å². The molecule has 5 rings (SSSR count). The summed E-state index contributed by atoms with van der Waals surface area (Å²) in [6, 6.07) is 28.2. The molecule has 0 spiro atoms. The van der Waals surface area contributed by atoms with E-state index in [1.54, 1.807) is 48.5 Å². The second-order valence-electron chi connectivity index (χ2n) is 11.1. The third kappa shape index (κ3) is 8.29. The first-order valence-corrected chi connectivity index (χ1v) is 16.7. The Labute approximate surface area is 268 Å². The van der Waals surface area contributed by atoms with E-state index in [0.29, 0.717) is 10.6 Å². The lowest BCUT2D eigenvalue weighted by atomic mass is 10.0. The standard InChI is InChI=1S/C35H35ClFN3O4S/c36-28-12-9-15-31(23-28)40(45(43,44)32-16-5-2-6-17-32)25-34(41)39(24-27-18-20-29(37)21-19-27)33(22-26-10-3-1-4-11-26)35(42)38-30-13-7-8-14-30/h1-6,9-12,15-21,23,30,33H,7-8,13-14,22,24-25H2,(H,38,42). The highest BCUT2D eigenvalue weighted by atomic mass is 35.5. The van der Waals surface area contributed by atoms with Gasteiger partial charge in [0.15, 0.2) is 0 Å². The molecule has 1 N–H and O–H groups in total. The molecule has 0 radical (unpaired) electrons. The third-order valence-electron chi connectivity index (χ3n) is 7.95. The van der Waals surface area contributed by atoms with Crippen LogP contribution in [0.1, 0.15) is 36.8 Å². The van der Waals surface area contributed by atoms with Crippen molar-refractivity contribution in [3.05, 3.63) is 131 Å². The smallest absolute Gasteiger partial charge is 0.264 e. The molecule has 2 amide bonds. The summed E-state index contributed by atoms with van der Waals surface area (Å²) in [5, 5.41) is 3.44. The van der Waals surface area contributed by atoms with E-state index in [-0.39, 0.29) is 35.5 Å². The van der Waals surface area contributed by atoms with Gasteiger partial charge in [-0.15, -0.1) is 0 Å². The highest BCUT2D eigenvalue weighted by Crippen LogP contribution is 2.27. The first-order valence-electron chi connectivity index (χ1n) is 14.9. The SMILES string of the molecule is O=C(NC1CCCC1)C(Cc1ccccc1)N(Cc1ccc(F)cc1)C(=O)CN(c1cccc(Cl)c1)S(=O)(=O)c1ccccc1. The molecular formula is C35H35ClFN3O4S. The quantitative estimate of drug-likeness (QED) is 0.194. The molecule has 234 valence electrons. The molecule has 0 heterocycles. The summed E-state index contributed by atoms with van der Waals surface area (Å²) in [4.78, 5) is 29.9. The maximum absolute atomic E-state index is 14.5. The van der Waals surface area contributed by atoms with Crippen LogP contribution in [0, 0.1) is 5.82 Å². The molecule has 0 saturated heterocycles. The number of carbonyl (C=O) groups excluding carboxylic acids is 2. The molecule has 1 unspecified atom stereocenters. The maximum Gasteiger partial charge on any atom is 0.264 e. The summed E-state index contributed by atoms with van der Waals surface area (Å²) in [5.74, 6) is -1.35. The predicted molar refractivity (Wildman–Crippen MR) is 174 cm³/mol. The Bertz CT molecular complexity index is 1700. The second-order valence-corrected chi connectivity index (χ2v) is 13.4. The van der Waals surface area contributed by atoms with Gasteiger partial charge in [0.1, 0.15) is 18.4 Å². The molecular weight excluding hydrogens is 613 g/mol. The van der Waals surface area contributed by atoms with Gasteiger partial charge in [-0.25, -0.2) is 12.8 Å². The van der Waals surface area contributed by atoms with Crippen molar-refractivity contribution in [2.75, 3.05) is 10.8 Å². The maximum atomic E-state index is 14.5. The van der Waals surface area contributed by atoms with Gasteiger partial charge in [0.05, 0.1) is 10.6 Å². The minimum absolute atomic E-state index is 0.0000333. The average molecular weight is 648 g/mol. The Morgan fingerprint density at radius 2 is 1.49 bits per heavy atom. The zero-order valence-corrected chi connectivity index (χ0v) is 26.3. The Morgan fingerprint density at radius 3 is 2.13 bits per heavy atom. The Hall–Kier alpha value is -4.21. The average Bonchev–Trinajstić information content (AvgIpc) is 3.56. The zero-order chi connectivity index (χ0) is 31.8. The third-order valence-corrected chi connectivity index (χ3v) is 9.97. The lowest BCUT2D eigenvalue weighted by Crippen LogP contribution is -2.54. The fourth-order valence-electron chi connectivity index (χ4n) is 5.59. The topological polar surface area (TPSA) is 86.8 Å². The van der Waals surface area contributed by atoms with Gasteiger partial charge in [-0.2, -0.15) is 0 Å². The van der Waals surface area contributed by atoms with E-state index in [4.69, 9.17) is 11.6 Å². The van der Waals surface area contributed by atoms with Crippen LogP contribution < -0.4 is 9.62 Å². The lowest BCUT2D eigenvalue weighted by molar-refractivity contribution is -0.140. The molecule has 1 fully saturated rings. The number of carbonyl (C=O) groups is 2. The number of sulfonamides is 1. The highest BCUT2D eigenvalue weighted by molar-refractivity contribution is 7.92. The molecule has 0 aliphatic heterocycles. The zero-order valence-electron chi connectivity index (χ0n) is 24.7. The Morgan fingerprint density at radius 1 is 0.844 bits per heavy atom. The van der Waals surface area contributed by atoms with Crippen molar-refractivity contribution < 1.29 is 22.4 Å². The van der Waals surface area contributed by atoms with Crippen LogP contribution in [0.3, 0.4) is 0 Å². The molecule has 4 aromatic carbocycles. The normalized spacial score (nSPS) is 14.1. The van der Waals surface area contributed by atoms with Crippen LogP contribution in [0.5, 0.6) is 0 Å². The number of anilines is 1. The van der Waals surface area contributed by atoms with Crippen molar-refractivity contribution in [3.63, 3.8) is 0 Å². The summed E-state index contributed by atoms with van der Waals surface area (Å²) in [6.07, 6.45) is 3.94. The van der Waals surface area contributed by atoms with Crippen LogP contribution >= 0.6 is 11.6 Å². The summed E-state index contributed by atoms with van der Waals surface area (Å²) >= 11 is 6.27. The molecule has 1 saturated carbocycles. The van der Waals surface area contributed by atoms with Crippen LogP contribution in [0.25, 0.3) is 0 Å². The summed E-state index contributed by atoms with van der Waals surface area (Å²) in [5.41, 5.74) is 1.64. The number of benzene rings is 4. The molecule has 1 atom stereocenters. The van der Waals surface area contributed by atoms with E-state index >= 15 is 0 Å². The minimum Gasteiger partial charge on any atom is -0.352 e. The minimum atomic E-state index is -4.22. The summed E-state index contributed by atoms with van der Waals surface area (Å²) < 4.78 is 42.9. The largest absolute Gasteiger partial charge is 0.352 e. The van der Waals surface area contributed by atoms with Crippen molar-refractivity contribution >= 4 is 39.1 Å². The van der Waals surface area contributed by atoms with Gasteiger partial charge in [0.25, 0.3) is 10.0 Å². The Kier molecular flexibility index (Phi) is 10.5. The van der Waals surface area contributed by atoms with E-state index in [1.165, 1.54) is 35.2 Å². The van der Waals surface area contributed by atoms with E-state index in [1.807, 2.05) is 30.3 Å². The van der Waals surface area contributed by atoms with Crippen molar-refractivity contribution in [2.45, 2.75) is 55.6 Å². The van der Waals surface area contributed by atoms with Crippen LogP contribution in [-0.4, -0.2) is 43.8 Å². The predicted octanol–water partition coefficient (Wildman–Crippen LogP) is 6.37. The molecule has 4 aromatic rings. The van der Waals surface area contributed by atoms with Crippen LogP contribution in [0.4, 0.5) is 10.1 Å². The van der Waals surface area contributed by atoms with Crippen molar-refractivity contribution in [1.82, 2.24) is 10.2 Å². The highest BCUT2D eigenvalue weighted by Gasteiger charge is 2.35. The molecule has 7 nitrogen and oxygen atoms in total. The fourth-order valence-corrected chi connectivity index (χ4v) is 7.20. The first-order chi connectivity index (χ1) is 21.7. The van der Waals surface area contributed by atoms with E-state index in [0.717, 1.165) is 35.6 Å². The molecule has 0 bridgehead atoms. The summed E-state index contributed by atoms with van der Waals surface area (Å²) in [6.45, 7) is -0.635. The molecule has 45 heavy (non-hydrogen) atoms. The number of rotatable bonds is 12. The van der Waals surface area contributed by atoms with Gasteiger partial charge in [0, 0.05) is 24.0 Å². The second kappa shape index (κ2) is 14.7. The van der Waals surface area contributed by atoms with Crippen LogP contribution in [0.2, 0.25) is 5.02 Å². The molecule has 0 aromatic heterocycles. The number of halogens is 2. The molecule has 10 heteroatoms. The number of nitrogens with one attached hydrogen (secondary N) is 1. The fraction of sp³-hybridized carbons (Fsp3) is 0.257. The number of hydrogen-bond acceptors (Lipinski definition) is 4. The van der Waals surface area contributed by atoms with Crippen molar-refractivity contribution in [2.24, 2.45) is 0 Å². The Balaban J connectivity index is 1.56. The van der Waals surface area contributed by atoms with Crippen molar-refractivity contribution in [3.8, 4) is 0 Å². The number of amides is 2. The number of hydrogen-bond donors (Lipinski definition) is 1. The van der Waals surface area contributed by atoms with Gasteiger partial charge in [-0.05, 0) is 66.4 Å². The first kappa shape index (κ1) is 32.2. The lowest BCUT2D eigenvalue weighted by Gasteiger charge is -2.34. The molecule has 1 aliphatic carbocycles.